The van der Waals surface area contributed by atoms with Crippen LogP contribution in [0.4, 0.5) is 0 Å². The standard InChI is InChI=1S/C11H16ClNO3/c1-7(13-12)11(14)9-6-8(15-2)4-5-10(9)16-3/h4-7,11,13-14H,1-3H3/t7-,11-/m0/s1. The number of aliphatic hydroxyl groups is 1. The van der Waals surface area contributed by atoms with Crippen molar-refractivity contribution in [1.29, 1.82) is 0 Å². The van der Waals surface area contributed by atoms with E-state index < -0.39 is 6.10 Å². The van der Waals surface area contributed by atoms with Crippen LogP contribution in [-0.4, -0.2) is 25.4 Å². The van der Waals surface area contributed by atoms with Crippen LogP contribution in [0.5, 0.6) is 11.5 Å². The molecule has 0 bridgehead atoms. The van der Waals surface area contributed by atoms with Crippen LogP contribution in [0.15, 0.2) is 18.2 Å². The van der Waals surface area contributed by atoms with E-state index >= 15 is 0 Å². The van der Waals surface area contributed by atoms with Crippen LogP contribution in [0.3, 0.4) is 0 Å². The molecule has 4 nitrogen and oxygen atoms in total. The molecule has 0 aliphatic heterocycles. The van der Waals surface area contributed by atoms with Gasteiger partial charge in [-0.25, -0.2) is 4.84 Å². The van der Waals surface area contributed by atoms with Crippen molar-refractivity contribution >= 4 is 11.8 Å². The first-order chi connectivity index (χ1) is 7.63. The van der Waals surface area contributed by atoms with Crippen LogP contribution in [0.25, 0.3) is 0 Å². The number of rotatable bonds is 5. The Morgan fingerprint density at radius 3 is 2.50 bits per heavy atom. The van der Waals surface area contributed by atoms with Gasteiger partial charge in [-0.1, -0.05) is 0 Å². The zero-order valence-electron chi connectivity index (χ0n) is 9.53. The molecule has 0 aromatic heterocycles. The highest BCUT2D eigenvalue weighted by atomic mass is 35.5. The number of ether oxygens (including phenoxy) is 2. The lowest BCUT2D eigenvalue weighted by Crippen LogP contribution is -2.25. The number of hydrogen-bond acceptors (Lipinski definition) is 4. The van der Waals surface area contributed by atoms with Crippen LogP contribution in [-0.2, 0) is 0 Å². The molecule has 1 aromatic carbocycles. The van der Waals surface area contributed by atoms with Gasteiger partial charge in [0.1, 0.15) is 11.5 Å². The molecule has 2 atom stereocenters. The molecule has 0 amide bonds. The maximum atomic E-state index is 10.0. The average molecular weight is 246 g/mol. The third kappa shape index (κ3) is 2.78. The molecule has 0 saturated heterocycles. The molecule has 90 valence electrons. The Balaban J connectivity index is 3.07. The van der Waals surface area contributed by atoms with Gasteiger partial charge in [0.2, 0.25) is 0 Å². The van der Waals surface area contributed by atoms with Gasteiger partial charge in [-0.05, 0) is 36.9 Å². The summed E-state index contributed by atoms with van der Waals surface area (Å²) in [5, 5.41) is 10.0. The highest BCUT2D eigenvalue weighted by Crippen LogP contribution is 2.30. The van der Waals surface area contributed by atoms with E-state index in [0.29, 0.717) is 17.1 Å². The topological polar surface area (TPSA) is 50.7 Å². The quantitative estimate of drug-likeness (QED) is 0.778. The van der Waals surface area contributed by atoms with Crippen LogP contribution < -0.4 is 14.3 Å². The minimum atomic E-state index is -0.762. The Labute approximate surface area is 100 Å². The van der Waals surface area contributed by atoms with Gasteiger partial charge in [-0.3, -0.25) is 0 Å². The Bertz CT molecular complexity index is 346. The fraction of sp³-hybridized carbons (Fsp3) is 0.455. The minimum absolute atomic E-state index is 0.289. The van der Waals surface area contributed by atoms with Crippen LogP contribution >= 0.6 is 11.8 Å². The Kier molecular flexibility index (Phi) is 4.86. The zero-order valence-corrected chi connectivity index (χ0v) is 10.3. The summed E-state index contributed by atoms with van der Waals surface area (Å²) in [6, 6.07) is 4.96. The van der Waals surface area contributed by atoms with Gasteiger partial charge in [0.25, 0.3) is 0 Å². The van der Waals surface area contributed by atoms with Crippen molar-refractivity contribution in [2.45, 2.75) is 19.1 Å². The van der Waals surface area contributed by atoms with Crippen LogP contribution in [0.1, 0.15) is 18.6 Å². The fourth-order valence-corrected chi connectivity index (χ4v) is 1.52. The number of nitrogens with one attached hydrogen (secondary N) is 1. The van der Waals surface area contributed by atoms with E-state index in [9.17, 15) is 5.11 Å². The molecular weight excluding hydrogens is 230 g/mol. The second-order valence-corrected chi connectivity index (χ2v) is 3.67. The first kappa shape index (κ1) is 13.1. The molecular formula is C11H16ClNO3. The summed E-state index contributed by atoms with van der Waals surface area (Å²) in [7, 11) is 3.12. The highest BCUT2D eigenvalue weighted by Gasteiger charge is 2.20. The second-order valence-electron chi connectivity index (χ2n) is 3.45. The molecule has 0 saturated carbocycles. The van der Waals surface area contributed by atoms with Gasteiger partial charge in [0, 0.05) is 11.6 Å². The van der Waals surface area contributed by atoms with Crippen molar-refractivity contribution < 1.29 is 14.6 Å². The lowest BCUT2D eigenvalue weighted by Gasteiger charge is -2.20. The van der Waals surface area contributed by atoms with Gasteiger partial charge in [-0.15, -0.1) is 0 Å². The van der Waals surface area contributed by atoms with Crippen molar-refractivity contribution in [3.05, 3.63) is 23.8 Å². The van der Waals surface area contributed by atoms with Crippen molar-refractivity contribution in [3.63, 3.8) is 0 Å². The highest BCUT2D eigenvalue weighted by molar-refractivity contribution is 6.13. The number of hydrogen-bond donors (Lipinski definition) is 2. The molecule has 0 radical (unpaired) electrons. The first-order valence-electron chi connectivity index (χ1n) is 4.90. The average Bonchev–Trinajstić information content (AvgIpc) is 2.35. The molecule has 0 unspecified atom stereocenters. The summed E-state index contributed by atoms with van der Waals surface area (Å²) >= 11 is 5.48. The Morgan fingerprint density at radius 1 is 1.31 bits per heavy atom. The van der Waals surface area contributed by atoms with Gasteiger partial charge < -0.3 is 14.6 Å². The maximum absolute atomic E-state index is 10.0. The predicted octanol–water partition coefficient (Wildman–Crippen LogP) is 1.87. The van der Waals surface area contributed by atoms with Crippen molar-refractivity contribution in [2.75, 3.05) is 14.2 Å². The van der Waals surface area contributed by atoms with Crippen molar-refractivity contribution in [2.24, 2.45) is 0 Å². The molecule has 0 aliphatic rings. The molecule has 1 aromatic rings. The summed E-state index contributed by atoms with van der Waals surface area (Å²) in [5.41, 5.74) is 0.641. The van der Waals surface area contributed by atoms with Crippen LogP contribution in [0.2, 0.25) is 0 Å². The van der Waals surface area contributed by atoms with E-state index in [-0.39, 0.29) is 6.04 Å². The predicted molar refractivity (Wildman–Crippen MR) is 63.0 cm³/mol. The molecule has 0 heterocycles. The summed E-state index contributed by atoms with van der Waals surface area (Å²) in [5.74, 6) is 1.27. The third-order valence-electron chi connectivity index (χ3n) is 2.40. The van der Waals surface area contributed by atoms with E-state index in [1.165, 1.54) is 0 Å². The summed E-state index contributed by atoms with van der Waals surface area (Å²) < 4.78 is 10.3. The molecule has 2 N–H and O–H groups in total. The maximum Gasteiger partial charge on any atom is 0.124 e. The fourth-order valence-electron chi connectivity index (χ4n) is 1.40. The molecule has 5 heteroatoms. The second kappa shape index (κ2) is 5.94. The van der Waals surface area contributed by atoms with Gasteiger partial charge in [0.15, 0.2) is 0 Å². The summed E-state index contributed by atoms with van der Waals surface area (Å²) in [6.07, 6.45) is -0.762. The van der Waals surface area contributed by atoms with Gasteiger partial charge in [0.05, 0.1) is 20.3 Å². The number of benzene rings is 1. The van der Waals surface area contributed by atoms with Gasteiger partial charge in [-0.2, -0.15) is 0 Å². The Morgan fingerprint density at radius 2 is 2.00 bits per heavy atom. The molecule has 1 rings (SSSR count). The van der Waals surface area contributed by atoms with E-state index in [2.05, 4.69) is 4.84 Å². The van der Waals surface area contributed by atoms with E-state index in [1.54, 1.807) is 39.3 Å². The molecule has 0 aliphatic carbocycles. The molecule has 0 spiro atoms. The van der Waals surface area contributed by atoms with E-state index in [0.717, 1.165) is 0 Å². The third-order valence-corrected chi connectivity index (χ3v) is 2.75. The lowest BCUT2D eigenvalue weighted by molar-refractivity contribution is 0.143. The number of halogens is 1. The zero-order chi connectivity index (χ0) is 12.1. The number of methoxy groups -OCH3 is 2. The van der Waals surface area contributed by atoms with Gasteiger partial charge >= 0.3 is 0 Å². The smallest absolute Gasteiger partial charge is 0.124 e. The Hall–Kier alpha value is -0.970. The monoisotopic (exact) mass is 245 g/mol. The van der Waals surface area contributed by atoms with E-state index in [4.69, 9.17) is 21.3 Å². The molecule has 16 heavy (non-hydrogen) atoms. The number of aliphatic hydroxyl groups excluding tert-OH is 1. The molecule has 0 fully saturated rings. The summed E-state index contributed by atoms with van der Waals surface area (Å²) in [4.78, 5) is 2.48. The first-order valence-corrected chi connectivity index (χ1v) is 5.28. The lowest BCUT2D eigenvalue weighted by atomic mass is 10.0. The van der Waals surface area contributed by atoms with Crippen molar-refractivity contribution in [3.8, 4) is 11.5 Å². The van der Waals surface area contributed by atoms with Crippen molar-refractivity contribution in [1.82, 2.24) is 4.84 Å². The minimum Gasteiger partial charge on any atom is -0.497 e. The summed E-state index contributed by atoms with van der Waals surface area (Å²) in [6.45, 7) is 1.77. The van der Waals surface area contributed by atoms with Crippen LogP contribution in [0, 0.1) is 0 Å². The normalized spacial score (nSPS) is 14.3. The largest absolute Gasteiger partial charge is 0.497 e. The van der Waals surface area contributed by atoms with E-state index in [1.807, 2.05) is 0 Å². The SMILES string of the molecule is COc1ccc(OC)c([C@@H](O)[C@H](C)NCl)c1.